The number of benzene rings is 1. The lowest BCUT2D eigenvalue weighted by Gasteiger charge is -2.11. The van der Waals surface area contributed by atoms with Crippen molar-refractivity contribution in [1.82, 2.24) is 28.6 Å². The molecule has 0 aliphatic carbocycles. The molecule has 0 aliphatic rings. The van der Waals surface area contributed by atoms with Crippen LogP contribution in [0.25, 0.3) is 11.0 Å². The zero-order valence-corrected chi connectivity index (χ0v) is 18.8. The number of sulfonamides is 1. The third kappa shape index (κ3) is 4.24. The third-order valence-electron chi connectivity index (χ3n) is 4.57. The van der Waals surface area contributed by atoms with E-state index in [9.17, 15) is 8.42 Å². The molecule has 0 radical (unpaired) electrons. The minimum atomic E-state index is -3.50. The first-order valence-corrected chi connectivity index (χ1v) is 11.8. The van der Waals surface area contributed by atoms with Gasteiger partial charge < -0.3 is 9.13 Å². The topological polar surface area (TPSA) is 85.9 Å². The molecular formula is C19H26N6O2S2. The van der Waals surface area contributed by atoms with Crippen molar-refractivity contribution in [2.75, 3.05) is 14.1 Å². The van der Waals surface area contributed by atoms with E-state index in [1.807, 2.05) is 23.6 Å². The van der Waals surface area contributed by atoms with Crippen molar-refractivity contribution in [3.63, 3.8) is 0 Å². The standard InChI is InChI=1S/C19H26N6O2S2/c1-6-10-24-14(3)21-22-19(24)28-13-18-20-16-12-15(29(26,27)23(4)5)8-9-17(16)25(18)11-7-2/h6,8-9,12H,1,7,10-11,13H2,2-5H3. The van der Waals surface area contributed by atoms with E-state index in [1.165, 1.54) is 18.4 Å². The number of hydrogen-bond donors (Lipinski definition) is 0. The number of fused-ring (bicyclic) bond motifs is 1. The first kappa shape index (κ1) is 21.5. The van der Waals surface area contributed by atoms with Gasteiger partial charge in [-0.3, -0.25) is 0 Å². The Morgan fingerprint density at radius 3 is 2.66 bits per heavy atom. The fraction of sp³-hybridized carbons (Fsp3) is 0.421. The van der Waals surface area contributed by atoms with Gasteiger partial charge in [0.15, 0.2) is 5.16 Å². The normalized spacial score (nSPS) is 12.2. The van der Waals surface area contributed by atoms with Gasteiger partial charge in [-0.25, -0.2) is 17.7 Å². The zero-order chi connectivity index (χ0) is 21.2. The zero-order valence-electron chi connectivity index (χ0n) is 17.2. The molecular weight excluding hydrogens is 408 g/mol. The number of imidazole rings is 1. The fourth-order valence-electron chi connectivity index (χ4n) is 3.05. The molecule has 0 amide bonds. The summed E-state index contributed by atoms with van der Waals surface area (Å²) in [6.45, 7) is 9.28. The van der Waals surface area contributed by atoms with Crippen LogP contribution < -0.4 is 0 Å². The van der Waals surface area contributed by atoms with Crippen molar-refractivity contribution in [2.24, 2.45) is 0 Å². The van der Waals surface area contributed by atoms with E-state index in [4.69, 9.17) is 4.98 Å². The maximum absolute atomic E-state index is 12.5. The molecule has 2 aromatic heterocycles. The Bertz CT molecular complexity index is 1130. The first-order chi connectivity index (χ1) is 13.8. The van der Waals surface area contributed by atoms with Crippen LogP contribution in [0.2, 0.25) is 0 Å². The number of thioether (sulfide) groups is 1. The Morgan fingerprint density at radius 1 is 1.24 bits per heavy atom. The van der Waals surface area contributed by atoms with E-state index >= 15 is 0 Å². The van der Waals surface area contributed by atoms with Crippen LogP contribution in [0.3, 0.4) is 0 Å². The minimum Gasteiger partial charge on any atom is -0.327 e. The Kier molecular flexibility index (Phi) is 6.45. The lowest BCUT2D eigenvalue weighted by molar-refractivity contribution is 0.521. The Balaban J connectivity index is 1.97. The van der Waals surface area contributed by atoms with Gasteiger partial charge in [0.25, 0.3) is 0 Å². The van der Waals surface area contributed by atoms with Crippen LogP contribution >= 0.6 is 11.8 Å². The summed E-state index contributed by atoms with van der Waals surface area (Å²) in [4.78, 5) is 4.99. The van der Waals surface area contributed by atoms with E-state index in [0.717, 1.165) is 35.3 Å². The van der Waals surface area contributed by atoms with E-state index < -0.39 is 10.0 Å². The van der Waals surface area contributed by atoms with Gasteiger partial charge in [-0.2, -0.15) is 0 Å². The molecule has 2 heterocycles. The second-order valence-electron chi connectivity index (χ2n) is 6.84. The van der Waals surface area contributed by atoms with Crippen molar-refractivity contribution >= 4 is 32.8 Å². The Morgan fingerprint density at radius 2 is 2.00 bits per heavy atom. The van der Waals surface area contributed by atoms with Gasteiger partial charge in [-0.05, 0) is 31.5 Å². The fourth-order valence-corrected chi connectivity index (χ4v) is 4.91. The van der Waals surface area contributed by atoms with Crippen molar-refractivity contribution < 1.29 is 8.42 Å². The monoisotopic (exact) mass is 434 g/mol. The molecule has 8 nitrogen and oxygen atoms in total. The average Bonchev–Trinajstić information content (AvgIpc) is 3.21. The summed E-state index contributed by atoms with van der Waals surface area (Å²) in [7, 11) is -0.448. The minimum absolute atomic E-state index is 0.247. The summed E-state index contributed by atoms with van der Waals surface area (Å²) in [5.74, 6) is 2.34. The third-order valence-corrected chi connectivity index (χ3v) is 7.34. The quantitative estimate of drug-likeness (QED) is 0.380. The molecule has 0 fully saturated rings. The van der Waals surface area contributed by atoms with Gasteiger partial charge in [0.1, 0.15) is 11.6 Å². The molecule has 0 bridgehead atoms. The van der Waals surface area contributed by atoms with E-state index in [2.05, 4.69) is 28.3 Å². The van der Waals surface area contributed by atoms with Crippen molar-refractivity contribution in [2.45, 2.75) is 49.2 Å². The van der Waals surface area contributed by atoms with E-state index in [0.29, 0.717) is 17.8 Å². The number of aromatic nitrogens is 5. The number of rotatable bonds is 9. The lowest BCUT2D eigenvalue weighted by Crippen LogP contribution is -2.22. The number of hydrogen-bond acceptors (Lipinski definition) is 6. The lowest BCUT2D eigenvalue weighted by atomic mass is 10.3. The predicted molar refractivity (Wildman–Crippen MR) is 115 cm³/mol. The molecule has 0 aliphatic heterocycles. The number of aryl methyl sites for hydroxylation is 2. The van der Waals surface area contributed by atoms with Crippen LogP contribution in [-0.2, 0) is 28.9 Å². The van der Waals surface area contributed by atoms with Crippen molar-refractivity contribution in [3.8, 4) is 0 Å². The van der Waals surface area contributed by atoms with Gasteiger partial charge >= 0.3 is 0 Å². The SMILES string of the molecule is C=CCn1c(C)nnc1SCc1nc2cc(S(=O)(=O)N(C)C)ccc2n1CCC. The summed E-state index contributed by atoms with van der Waals surface area (Å²) in [6, 6.07) is 5.13. The molecule has 1 aromatic carbocycles. The summed E-state index contributed by atoms with van der Waals surface area (Å²) < 4.78 is 30.3. The maximum Gasteiger partial charge on any atom is 0.242 e. The number of nitrogens with zero attached hydrogens (tertiary/aromatic N) is 6. The molecule has 0 saturated carbocycles. The predicted octanol–water partition coefficient (Wildman–Crippen LogP) is 3.07. The molecule has 0 atom stereocenters. The van der Waals surface area contributed by atoms with Gasteiger partial charge in [0.05, 0.1) is 21.7 Å². The molecule has 3 rings (SSSR count). The van der Waals surface area contributed by atoms with Crippen LogP contribution in [0.15, 0.2) is 40.9 Å². The molecule has 0 N–H and O–H groups in total. The Hall–Kier alpha value is -2.17. The van der Waals surface area contributed by atoms with E-state index in [-0.39, 0.29) is 4.90 Å². The molecule has 10 heteroatoms. The largest absolute Gasteiger partial charge is 0.327 e. The van der Waals surface area contributed by atoms with Crippen LogP contribution in [0.1, 0.15) is 25.0 Å². The maximum atomic E-state index is 12.5. The molecule has 3 aromatic rings. The van der Waals surface area contributed by atoms with Gasteiger partial charge in [-0.15, -0.1) is 16.8 Å². The van der Waals surface area contributed by atoms with Gasteiger partial charge in [-0.1, -0.05) is 24.8 Å². The van der Waals surface area contributed by atoms with Crippen molar-refractivity contribution in [1.29, 1.82) is 0 Å². The smallest absolute Gasteiger partial charge is 0.242 e. The molecule has 0 unspecified atom stereocenters. The highest BCUT2D eigenvalue weighted by molar-refractivity contribution is 7.98. The van der Waals surface area contributed by atoms with Gasteiger partial charge in [0, 0.05) is 27.2 Å². The highest BCUT2D eigenvalue weighted by Crippen LogP contribution is 2.27. The summed E-state index contributed by atoms with van der Waals surface area (Å²) >= 11 is 1.56. The molecule has 156 valence electrons. The van der Waals surface area contributed by atoms with Crippen LogP contribution in [0, 0.1) is 6.92 Å². The molecule has 29 heavy (non-hydrogen) atoms. The summed E-state index contributed by atoms with van der Waals surface area (Å²) in [5, 5.41) is 9.21. The second-order valence-corrected chi connectivity index (χ2v) is 9.93. The highest BCUT2D eigenvalue weighted by atomic mass is 32.2. The molecule has 0 spiro atoms. The number of allylic oxidation sites excluding steroid dienone is 1. The summed E-state index contributed by atoms with van der Waals surface area (Å²) in [6.07, 6.45) is 2.77. The highest BCUT2D eigenvalue weighted by Gasteiger charge is 2.20. The second kappa shape index (κ2) is 8.68. The van der Waals surface area contributed by atoms with Crippen LogP contribution in [0.5, 0.6) is 0 Å². The summed E-state index contributed by atoms with van der Waals surface area (Å²) in [5.41, 5.74) is 1.62. The molecule has 0 saturated heterocycles. The van der Waals surface area contributed by atoms with Crippen molar-refractivity contribution in [3.05, 3.63) is 42.5 Å². The Labute approximate surface area is 175 Å². The van der Waals surface area contributed by atoms with E-state index in [1.54, 1.807) is 23.9 Å². The van der Waals surface area contributed by atoms with Crippen LogP contribution in [0.4, 0.5) is 0 Å². The van der Waals surface area contributed by atoms with Gasteiger partial charge in [0.2, 0.25) is 10.0 Å². The first-order valence-electron chi connectivity index (χ1n) is 9.34. The average molecular weight is 435 g/mol. The van der Waals surface area contributed by atoms with Crippen LogP contribution in [-0.4, -0.2) is 51.1 Å².